The molecule has 1 aromatic rings. The standard InChI is InChI=1S/C10H12BrClF2N2/c11-8-1-2-9(15-5-8)6-16(4-3-12)7-10(13)14/h1-2,5,10H,3-4,6-7H2. The van der Waals surface area contributed by atoms with Gasteiger partial charge in [0.15, 0.2) is 0 Å². The predicted octanol–water partition coefficient (Wildman–Crippen LogP) is 3.15. The Kier molecular flexibility index (Phi) is 6.16. The highest BCUT2D eigenvalue weighted by Crippen LogP contribution is 2.10. The monoisotopic (exact) mass is 312 g/mol. The van der Waals surface area contributed by atoms with E-state index in [0.29, 0.717) is 19.0 Å². The van der Waals surface area contributed by atoms with Gasteiger partial charge in [-0.1, -0.05) is 0 Å². The summed E-state index contributed by atoms with van der Waals surface area (Å²) < 4.78 is 25.4. The molecule has 0 aliphatic heterocycles. The molecular weight excluding hydrogens is 301 g/mol. The minimum absolute atomic E-state index is 0.273. The quantitative estimate of drug-likeness (QED) is 0.750. The normalized spacial score (nSPS) is 11.4. The Morgan fingerprint density at radius 2 is 2.19 bits per heavy atom. The first kappa shape index (κ1) is 13.8. The first-order chi connectivity index (χ1) is 7.61. The molecule has 0 radical (unpaired) electrons. The minimum atomic E-state index is -2.35. The van der Waals surface area contributed by atoms with E-state index in [1.165, 1.54) is 0 Å². The molecule has 0 aliphatic carbocycles. The second kappa shape index (κ2) is 7.14. The van der Waals surface area contributed by atoms with Gasteiger partial charge in [0.2, 0.25) is 0 Å². The van der Waals surface area contributed by atoms with Crippen molar-refractivity contribution in [1.82, 2.24) is 9.88 Å². The van der Waals surface area contributed by atoms with E-state index in [1.54, 1.807) is 17.2 Å². The van der Waals surface area contributed by atoms with Crippen LogP contribution in [0, 0.1) is 0 Å². The molecule has 0 N–H and O–H groups in total. The maximum absolute atomic E-state index is 12.3. The number of pyridine rings is 1. The predicted molar refractivity (Wildman–Crippen MR) is 63.9 cm³/mol. The lowest BCUT2D eigenvalue weighted by Crippen LogP contribution is -2.30. The Balaban J connectivity index is 2.56. The van der Waals surface area contributed by atoms with Gasteiger partial charge < -0.3 is 0 Å². The minimum Gasteiger partial charge on any atom is -0.291 e. The number of aromatic nitrogens is 1. The second-order valence-corrected chi connectivity index (χ2v) is 4.58. The van der Waals surface area contributed by atoms with Gasteiger partial charge in [-0.05, 0) is 28.1 Å². The third kappa shape index (κ3) is 5.18. The number of hydrogen-bond acceptors (Lipinski definition) is 2. The molecule has 90 valence electrons. The van der Waals surface area contributed by atoms with Gasteiger partial charge in [0.1, 0.15) is 0 Å². The lowest BCUT2D eigenvalue weighted by atomic mass is 10.3. The molecule has 0 aliphatic rings. The summed E-state index contributed by atoms with van der Waals surface area (Å²) in [7, 11) is 0. The largest absolute Gasteiger partial charge is 0.291 e. The lowest BCUT2D eigenvalue weighted by Gasteiger charge is -2.20. The number of halogens is 4. The van der Waals surface area contributed by atoms with Crippen molar-refractivity contribution >= 4 is 27.5 Å². The summed E-state index contributed by atoms with van der Waals surface area (Å²) in [5.41, 5.74) is 0.758. The summed E-state index contributed by atoms with van der Waals surface area (Å²) in [6.45, 7) is 0.554. The van der Waals surface area contributed by atoms with E-state index in [4.69, 9.17) is 11.6 Å². The highest BCUT2D eigenvalue weighted by molar-refractivity contribution is 9.10. The van der Waals surface area contributed by atoms with Crippen LogP contribution in [0.1, 0.15) is 5.69 Å². The molecule has 6 heteroatoms. The van der Waals surface area contributed by atoms with Gasteiger partial charge in [-0.15, -0.1) is 11.6 Å². The number of hydrogen-bond donors (Lipinski definition) is 0. The molecule has 0 bridgehead atoms. The smallest absolute Gasteiger partial charge is 0.251 e. The van der Waals surface area contributed by atoms with E-state index in [9.17, 15) is 8.78 Å². The van der Waals surface area contributed by atoms with Crippen LogP contribution in [0.15, 0.2) is 22.8 Å². The van der Waals surface area contributed by atoms with Crippen molar-refractivity contribution in [2.24, 2.45) is 0 Å². The van der Waals surface area contributed by atoms with Crippen molar-refractivity contribution < 1.29 is 8.78 Å². The summed E-state index contributed by atoms with van der Waals surface area (Å²) in [5.74, 6) is 0.337. The van der Waals surface area contributed by atoms with Gasteiger partial charge in [0.05, 0.1) is 12.2 Å². The van der Waals surface area contributed by atoms with Crippen molar-refractivity contribution in [1.29, 1.82) is 0 Å². The van der Waals surface area contributed by atoms with Gasteiger partial charge in [-0.3, -0.25) is 9.88 Å². The molecule has 0 saturated heterocycles. The van der Waals surface area contributed by atoms with E-state index >= 15 is 0 Å². The average Bonchev–Trinajstić information content (AvgIpc) is 2.21. The second-order valence-electron chi connectivity index (χ2n) is 3.28. The Morgan fingerprint density at radius 1 is 1.44 bits per heavy atom. The summed E-state index contributed by atoms with van der Waals surface area (Å²) in [5, 5.41) is 0. The van der Waals surface area contributed by atoms with Crippen molar-refractivity contribution in [3.8, 4) is 0 Å². The van der Waals surface area contributed by atoms with Gasteiger partial charge in [-0.2, -0.15) is 0 Å². The molecular formula is C10H12BrClF2N2. The lowest BCUT2D eigenvalue weighted by molar-refractivity contribution is 0.0873. The average molecular weight is 314 g/mol. The molecule has 1 heterocycles. The van der Waals surface area contributed by atoms with Crippen LogP contribution in [-0.2, 0) is 6.54 Å². The van der Waals surface area contributed by atoms with Crippen molar-refractivity contribution in [2.75, 3.05) is 19.0 Å². The Hall–Kier alpha value is -0.260. The fourth-order valence-electron chi connectivity index (χ4n) is 1.28. The van der Waals surface area contributed by atoms with E-state index in [1.807, 2.05) is 6.07 Å². The van der Waals surface area contributed by atoms with Crippen LogP contribution >= 0.6 is 27.5 Å². The van der Waals surface area contributed by atoms with Crippen LogP contribution in [0.25, 0.3) is 0 Å². The first-order valence-electron chi connectivity index (χ1n) is 4.78. The zero-order chi connectivity index (χ0) is 12.0. The SMILES string of the molecule is FC(F)CN(CCCl)Cc1ccc(Br)cn1. The van der Waals surface area contributed by atoms with Gasteiger partial charge >= 0.3 is 0 Å². The van der Waals surface area contributed by atoms with Crippen LogP contribution < -0.4 is 0 Å². The zero-order valence-electron chi connectivity index (χ0n) is 8.54. The maximum atomic E-state index is 12.3. The molecule has 0 atom stereocenters. The molecule has 0 unspecified atom stereocenters. The Morgan fingerprint density at radius 3 is 2.69 bits per heavy atom. The molecule has 0 aromatic carbocycles. The van der Waals surface area contributed by atoms with Crippen LogP contribution in [-0.4, -0.2) is 35.3 Å². The van der Waals surface area contributed by atoms with Crippen LogP contribution in [0.3, 0.4) is 0 Å². The van der Waals surface area contributed by atoms with Crippen molar-refractivity contribution in [3.05, 3.63) is 28.5 Å². The fourth-order valence-corrected chi connectivity index (χ4v) is 1.75. The summed E-state index contributed by atoms with van der Waals surface area (Å²) in [6.07, 6.45) is -0.699. The third-order valence-corrected chi connectivity index (χ3v) is 2.61. The molecule has 0 spiro atoms. The highest BCUT2D eigenvalue weighted by Gasteiger charge is 2.12. The van der Waals surface area contributed by atoms with E-state index in [0.717, 1.165) is 10.2 Å². The maximum Gasteiger partial charge on any atom is 0.251 e. The van der Waals surface area contributed by atoms with E-state index in [2.05, 4.69) is 20.9 Å². The van der Waals surface area contributed by atoms with Crippen LogP contribution in [0.4, 0.5) is 8.78 Å². The van der Waals surface area contributed by atoms with Gasteiger partial charge in [-0.25, -0.2) is 8.78 Å². The molecule has 0 saturated carbocycles. The van der Waals surface area contributed by atoms with Crippen molar-refractivity contribution in [2.45, 2.75) is 13.0 Å². The van der Waals surface area contributed by atoms with Crippen molar-refractivity contribution in [3.63, 3.8) is 0 Å². The summed E-state index contributed by atoms with van der Waals surface area (Å²) in [6, 6.07) is 3.64. The Bertz CT molecular complexity index is 308. The number of rotatable bonds is 6. The first-order valence-corrected chi connectivity index (χ1v) is 6.11. The molecule has 2 nitrogen and oxygen atoms in total. The number of nitrogens with zero attached hydrogens (tertiary/aromatic N) is 2. The zero-order valence-corrected chi connectivity index (χ0v) is 10.9. The molecule has 16 heavy (non-hydrogen) atoms. The molecule has 0 fully saturated rings. The van der Waals surface area contributed by atoms with Crippen LogP contribution in [0.2, 0.25) is 0 Å². The molecule has 1 aromatic heterocycles. The molecule has 1 rings (SSSR count). The van der Waals surface area contributed by atoms with E-state index in [-0.39, 0.29) is 6.54 Å². The van der Waals surface area contributed by atoms with E-state index < -0.39 is 6.43 Å². The molecule has 0 amide bonds. The topological polar surface area (TPSA) is 16.1 Å². The van der Waals surface area contributed by atoms with Crippen LogP contribution in [0.5, 0.6) is 0 Å². The van der Waals surface area contributed by atoms with Gasteiger partial charge in [0.25, 0.3) is 6.43 Å². The summed E-state index contributed by atoms with van der Waals surface area (Å²) >= 11 is 8.82. The number of alkyl halides is 3. The van der Waals surface area contributed by atoms with Gasteiger partial charge in [0, 0.05) is 29.6 Å². The fraction of sp³-hybridized carbons (Fsp3) is 0.500. The Labute approximate surface area is 107 Å². The highest BCUT2D eigenvalue weighted by atomic mass is 79.9. The summed E-state index contributed by atoms with van der Waals surface area (Å²) in [4.78, 5) is 5.72. The third-order valence-electron chi connectivity index (χ3n) is 1.97.